The van der Waals surface area contributed by atoms with Crippen molar-refractivity contribution in [2.24, 2.45) is 16.8 Å². The average Bonchev–Trinajstić information content (AvgIpc) is 3.20. The van der Waals surface area contributed by atoms with Crippen molar-refractivity contribution < 1.29 is 9.53 Å². The summed E-state index contributed by atoms with van der Waals surface area (Å²) >= 11 is 3.45. The number of guanidine groups is 1. The lowest BCUT2D eigenvalue weighted by atomic mass is 9.99. The van der Waals surface area contributed by atoms with Gasteiger partial charge >= 0.3 is 5.97 Å². The second-order valence-corrected chi connectivity index (χ2v) is 7.72. The second-order valence-electron chi connectivity index (χ2n) is 5.49. The Hall–Kier alpha value is -1.28. The van der Waals surface area contributed by atoms with Crippen LogP contribution in [0.5, 0.6) is 0 Å². The maximum Gasteiger partial charge on any atom is 0.310 e. The normalized spacial score (nSPS) is 21.5. The monoisotopic (exact) mass is 356 g/mol. The number of rotatable bonds is 6. The molecule has 2 atom stereocenters. The molecule has 0 aromatic carbocycles. The van der Waals surface area contributed by atoms with Gasteiger partial charge in [0.05, 0.1) is 13.0 Å². The van der Waals surface area contributed by atoms with E-state index in [-0.39, 0.29) is 17.8 Å². The molecule has 0 aliphatic carbocycles. The molecule has 6 nitrogen and oxygen atoms in total. The molecule has 2 rings (SSSR count). The summed E-state index contributed by atoms with van der Waals surface area (Å²) < 4.78 is 6.00. The van der Waals surface area contributed by atoms with E-state index in [0.717, 1.165) is 35.6 Å². The number of thiazole rings is 1. The minimum atomic E-state index is -0.129. The van der Waals surface area contributed by atoms with Crippen molar-refractivity contribution in [2.75, 3.05) is 39.5 Å². The van der Waals surface area contributed by atoms with Crippen molar-refractivity contribution in [3.8, 4) is 0 Å². The van der Waals surface area contributed by atoms with Crippen LogP contribution in [0.2, 0.25) is 0 Å². The number of methoxy groups -OCH3 is 1. The second kappa shape index (κ2) is 9.12. The molecule has 0 radical (unpaired) electrons. The molecule has 0 amide bonds. The molecule has 1 aliphatic heterocycles. The van der Waals surface area contributed by atoms with E-state index in [1.54, 1.807) is 30.1 Å². The first-order valence-corrected chi connectivity index (χ1v) is 9.58. The van der Waals surface area contributed by atoms with Crippen molar-refractivity contribution in [1.29, 1.82) is 0 Å². The van der Waals surface area contributed by atoms with Crippen LogP contribution in [-0.4, -0.2) is 61.4 Å². The summed E-state index contributed by atoms with van der Waals surface area (Å²) in [7, 11) is 3.23. The minimum Gasteiger partial charge on any atom is -0.469 e. The topological polar surface area (TPSA) is 66.8 Å². The Morgan fingerprint density at radius 3 is 3.09 bits per heavy atom. The lowest BCUT2D eigenvalue weighted by Crippen LogP contribution is -2.41. The number of hydrogen-bond donors (Lipinski definition) is 1. The average molecular weight is 357 g/mol. The zero-order valence-corrected chi connectivity index (χ0v) is 15.5. The van der Waals surface area contributed by atoms with E-state index < -0.39 is 0 Å². The predicted molar refractivity (Wildman–Crippen MR) is 95.1 cm³/mol. The summed E-state index contributed by atoms with van der Waals surface area (Å²) in [6.45, 7) is 4.44. The molecule has 128 valence electrons. The maximum absolute atomic E-state index is 11.8. The summed E-state index contributed by atoms with van der Waals surface area (Å²) in [5, 5.41) is 5.38. The number of ether oxygens (including phenoxy) is 1. The van der Waals surface area contributed by atoms with Crippen molar-refractivity contribution in [1.82, 2.24) is 15.2 Å². The number of carbonyl (C=O) groups is 1. The fourth-order valence-electron chi connectivity index (χ4n) is 2.64. The number of hydrogen-bond acceptors (Lipinski definition) is 6. The molecular weight excluding hydrogens is 332 g/mol. The number of esters is 1. The van der Waals surface area contributed by atoms with Crippen LogP contribution < -0.4 is 5.32 Å². The van der Waals surface area contributed by atoms with E-state index in [4.69, 9.17) is 4.74 Å². The van der Waals surface area contributed by atoms with Gasteiger partial charge in [-0.2, -0.15) is 0 Å². The fourth-order valence-corrected chi connectivity index (χ4v) is 4.29. The Morgan fingerprint density at radius 1 is 1.61 bits per heavy atom. The van der Waals surface area contributed by atoms with Crippen LogP contribution in [0, 0.1) is 11.8 Å². The molecule has 2 unspecified atom stereocenters. The van der Waals surface area contributed by atoms with E-state index >= 15 is 0 Å². The van der Waals surface area contributed by atoms with Gasteiger partial charge in [-0.15, -0.1) is 11.3 Å². The number of aromatic nitrogens is 1. The first kappa shape index (κ1) is 18.1. The molecule has 8 heteroatoms. The first-order valence-electron chi connectivity index (χ1n) is 7.71. The van der Waals surface area contributed by atoms with E-state index in [2.05, 4.69) is 27.1 Å². The van der Waals surface area contributed by atoms with Crippen molar-refractivity contribution in [3.63, 3.8) is 0 Å². The van der Waals surface area contributed by atoms with Crippen LogP contribution in [0.15, 0.2) is 20.9 Å². The molecule has 0 spiro atoms. The third kappa shape index (κ3) is 5.10. The van der Waals surface area contributed by atoms with E-state index in [1.165, 1.54) is 7.11 Å². The van der Waals surface area contributed by atoms with Gasteiger partial charge < -0.3 is 15.0 Å². The van der Waals surface area contributed by atoms with Crippen LogP contribution in [-0.2, 0) is 9.53 Å². The standard InChI is InChI=1S/C15H24N4O2S2/c1-11-9-19(10-12(11)13(20)21-3)14(16-2)17-5-4-7-22-15-18-6-8-23-15/h6,8,11-12H,4-5,7,9-10H2,1-3H3,(H,16,17). The molecule has 23 heavy (non-hydrogen) atoms. The lowest BCUT2D eigenvalue weighted by molar-refractivity contribution is -0.145. The Morgan fingerprint density at radius 2 is 2.43 bits per heavy atom. The highest BCUT2D eigenvalue weighted by Gasteiger charge is 2.36. The van der Waals surface area contributed by atoms with Gasteiger partial charge in [0.25, 0.3) is 0 Å². The highest BCUT2D eigenvalue weighted by atomic mass is 32.2. The highest BCUT2D eigenvalue weighted by Crippen LogP contribution is 2.24. The van der Waals surface area contributed by atoms with Crippen molar-refractivity contribution >= 4 is 35.0 Å². The molecule has 1 saturated heterocycles. The first-order chi connectivity index (χ1) is 11.2. The summed E-state index contributed by atoms with van der Waals surface area (Å²) in [6.07, 6.45) is 2.87. The van der Waals surface area contributed by atoms with Crippen LogP contribution in [0.25, 0.3) is 0 Å². The largest absolute Gasteiger partial charge is 0.469 e. The minimum absolute atomic E-state index is 0.0704. The van der Waals surface area contributed by atoms with Crippen molar-refractivity contribution in [2.45, 2.75) is 17.7 Å². The van der Waals surface area contributed by atoms with Crippen LogP contribution >= 0.6 is 23.1 Å². The molecule has 2 heterocycles. The fraction of sp³-hybridized carbons (Fsp3) is 0.667. The molecular formula is C15H24N4O2S2. The Balaban J connectivity index is 1.72. The Kier molecular flexibility index (Phi) is 7.16. The van der Waals surface area contributed by atoms with Gasteiger partial charge in [0.15, 0.2) is 5.96 Å². The Bertz CT molecular complexity index is 522. The quantitative estimate of drug-likeness (QED) is 0.276. The summed E-state index contributed by atoms with van der Waals surface area (Å²) in [5.74, 6) is 1.97. The zero-order valence-electron chi connectivity index (χ0n) is 13.8. The Labute approximate surface area is 145 Å². The number of thioether (sulfide) groups is 1. The third-order valence-corrected chi connectivity index (χ3v) is 5.92. The number of likely N-dealkylation sites (tertiary alicyclic amines) is 1. The van der Waals surface area contributed by atoms with Gasteiger partial charge in [0, 0.05) is 44.0 Å². The molecule has 1 aliphatic rings. The van der Waals surface area contributed by atoms with Crippen molar-refractivity contribution in [3.05, 3.63) is 11.6 Å². The molecule has 0 saturated carbocycles. The highest BCUT2D eigenvalue weighted by molar-refractivity contribution is 8.00. The lowest BCUT2D eigenvalue weighted by Gasteiger charge is -2.21. The number of carbonyl (C=O) groups excluding carboxylic acids is 1. The zero-order chi connectivity index (χ0) is 16.7. The van der Waals surface area contributed by atoms with Gasteiger partial charge in [0.1, 0.15) is 4.34 Å². The maximum atomic E-state index is 11.8. The van der Waals surface area contributed by atoms with Gasteiger partial charge in [-0.05, 0) is 12.3 Å². The van der Waals surface area contributed by atoms with Gasteiger partial charge in [-0.1, -0.05) is 18.7 Å². The van der Waals surface area contributed by atoms with Crippen LogP contribution in [0.1, 0.15) is 13.3 Å². The molecule has 1 N–H and O–H groups in total. The molecule has 1 fully saturated rings. The van der Waals surface area contributed by atoms with E-state index in [0.29, 0.717) is 6.54 Å². The summed E-state index contributed by atoms with van der Waals surface area (Å²) in [4.78, 5) is 22.5. The van der Waals surface area contributed by atoms with Crippen LogP contribution in [0.4, 0.5) is 0 Å². The number of nitrogens with one attached hydrogen (secondary N) is 1. The number of aliphatic imine (C=N–C) groups is 1. The third-order valence-electron chi connectivity index (χ3n) is 3.87. The van der Waals surface area contributed by atoms with E-state index in [1.807, 2.05) is 11.6 Å². The van der Waals surface area contributed by atoms with Gasteiger partial charge in [-0.25, -0.2) is 4.98 Å². The summed E-state index contributed by atoms with van der Waals surface area (Å²) in [6, 6.07) is 0. The van der Waals surface area contributed by atoms with E-state index in [9.17, 15) is 4.79 Å². The molecule has 1 aromatic heterocycles. The summed E-state index contributed by atoms with van der Waals surface area (Å²) in [5.41, 5.74) is 0. The van der Waals surface area contributed by atoms with Crippen LogP contribution in [0.3, 0.4) is 0 Å². The van der Waals surface area contributed by atoms with Gasteiger partial charge in [0.2, 0.25) is 0 Å². The molecule has 0 bridgehead atoms. The predicted octanol–water partition coefficient (Wildman–Crippen LogP) is 1.94. The molecule has 1 aromatic rings. The van der Waals surface area contributed by atoms with Gasteiger partial charge in [-0.3, -0.25) is 9.79 Å². The SMILES string of the molecule is CN=C(NCCCSc1nccs1)N1CC(C)C(C(=O)OC)C1. The number of nitrogens with zero attached hydrogens (tertiary/aromatic N) is 3. The smallest absolute Gasteiger partial charge is 0.310 e.